The molecular formula is C44H34N4OS. The van der Waals surface area contributed by atoms with Crippen LogP contribution in [0.15, 0.2) is 177 Å². The van der Waals surface area contributed by atoms with Gasteiger partial charge in [0.1, 0.15) is 17.0 Å². The van der Waals surface area contributed by atoms with Crippen LogP contribution >= 0.6 is 11.8 Å². The standard InChI is InChI=1S/C44H34N4OS/c45-38-24-25-39-41(42(38)50-28-29-12-4-1-5-13-29)37-23-22-32(26-40(37)49-39)34-19-11-20-35-33(18-10-21-36(34)35)27-47-44(31-16-8-3-9-17-31)48-43(46)30-14-6-2-7-15-30/h1-26H,27-28,45H2,(H2,46,47,48). The van der Waals surface area contributed by atoms with E-state index in [1.165, 1.54) is 5.56 Å². The number of anilines is 1. The zero-order chi connectivity index (χ0) is 33.9. The van der Waals surface area contributed by atoms with E-state index < -0.39 is 0 Å². The van der Waals surface area contributed by atoms with Crippen LogP contribution in [0, 0.1) is 0 Å². The summed E-state index contributed by atoms with van der Waals surface area (Å²) in [6, 6.07) is 53.5. The van der Waals surface area contributed by atoms with E-state index in [0.717, 1.165) is 76.9 Å². The average molecular weight is 667 g/mol. The molecule has 1 aromatic heterocycles. The third-order valence-electron chi connectivity index (χ3n) is 8.90. The Morgan fingerprint density at radius 3 is 2.10 bits per heavy atom. The van der Waals surface area contributed by atoms with Crippen LogP contribution in [0.2, 0.25) is 0 Å². The largest absolute Gasteiger partial charge is 0.456 e. The Morgan fingerprint density at radius 2 is 1.32 bits per heavy atom. The predicted molar refractivity (Wildman–Crippen MR) is 211 cm³/mol. The second-order valence-electron chi connectivity index (χ2n) is 12.1. The van der Waals surface area contributed by atoms with E-state index in [-0.39, 0.29) is 0 Å². The van der Waals surface area contributed by atoms with Gasteiger partial charge in [0.2, 0.25) is 0 Å². The number of rotatable bonds is 8. The van der Waals surface area contributed by atoms with Crippen LogP contribution < -0.4 is 11.5 Å². The zero-order valence-corrected chi connectivity index (χ0v) is 28.1. The number of amidine groups is 2. The first kappa shape index (κ1) is 31.2. The van der Waals surface area contributed by atoms with Crippen LogP contribution in [0.4, 0.5) is 5.69 Å². The summed E-state index contributed by atoms with van der Waals surface area (Å²) >= 11 is 1.75. The quantitative estimate of drug-likeness (QED) is 0.0731. The van der Waals surface area contributed by atoms with E-state index in [1.54, 1.807) is 11.8 Å². The Balaban J connectivity index is 1.15. The molecule has 0 aliphatic heterocycles. The number of nitrogens with zero attached hydrogens (tertiary/aromatic N) is 2. The third kappa shape index (κ3) is 6.25. The minimum atomic E-state index is 0.430. The van der Waals surface area contributed by atoms with Crippen molar-refractivity contribution < 1.29 is 4.42 Å². The lowest BCUT2D eigenvalue weighted by Gasteiger charge is -2.11. The molecule has 6 heteroatoms. The zero-order valence-electron chi connectivity index (χ0n) is 27.3. The van der Waals surface area contributed by atoms with Gasteiger partial charge in [-0.15, -0.1) is 11.8 Å². The van der Waals surface area contributed by atoms with Crippen molar-refractivity contribution in [3.8, 4) is 11.1 Å². The highest BCUT2D eigenvalue weighted by Crippen LogP contribution is 2.42. The Hall–Kier alpha value is -6.11. The van der Waals surface area contributed by atoms with Gasteiger partial charge in [-0.2, -0.15) is 0 Å². The molecule has 0 amide bonds. The number of benzene rings is 7. The molecule has 0 saturated heterocycles. The van der Waals surface area contributed by atoms with Crippen molar-refractivity contribution in [3.63, 3.8) is 0 Å². The number of thioether (sulfide) groups is 1. The van der Waals surface area contributed by atoms with Crippen LogP contribution in [-0.4, -0.2) is 11.7 Å². The van der Waals surface area contributed by atoms with Gasteiger partial charge in [0, 0.05) is 38.2 Å². The van der Waals surface area contributed by atoms with E-state index >= 15 is 0 Å². The molecule has 0 radical (unpaired) electrons. The number of hydrogen-bond donors (Lipinski definition) is 2. The molecule has 7 aromatic carbocycles. The average Bonchev–Trinajstić information content (AvgIpc) is 3.55. The highest BCUT2D eigenvalue weighted by atomic mass is 32.2. The van der Waals surface area contributed by atoms with E-state index in [4.69, 9.17) is 25.9 Å². The summed E-state index contributed by atoms with van der Waals surface area (Å²) in [5, 5.41) is 4.41. The van der Waals surface area contributed by atoms with E-state index in [2.05, 4.69) is 78.9 Å². The minimum Gasteiger partial charge on any atom is -0.456 e. The van der Waals surface area contributed by atoms with Crippen LogP contribution in [0.3, 0.4) is 0 Å². The molecule has 0 bridgehead atoms. The van der Waals surface area contributed by atoms with Crippen LogP contribution in [0.1, 0.15) is 22.3 Å². The number of aliphatic imine (C=N–C) groups is 2. The molecule has 0 aliphatic carbocycles. The molecule has 0 unspecified atom stereocenters. The molecule has 0 atom stereocenters. The monoisotopic (exact) mass is 666 g/mol. The Labute approximate surface area is 295 Å². The van der Waals surface area contributed by atoms with Crippen molar-refractivity contribution in [2.75, 3.05) is 5.73 Å². The van der Waals surface area contributed by atoms with Gasteiger partial charge in [0.25, 0.3) is 0 Å². The van der Waals surface area contributed by atoms with Gasteiger partial charge in [0.15, 0.2) is 5.84 Å². The lowest BCUT2D eigenvalue weighted by Crippen LogP contribution is -2.16. The fourth-order valence-corrected chi connectivity index (χ4v) is 7.49. The van der Waals surface area contributed by atoms with E-state index in [9.17, 15) is 0 Å². The molecule has 8 rings (SSSR count). The molecule has 0 saturated carbocycles. The molecule has 242 valence electrons. The van der Waals surface area contributed by atoms with Gasteiger partial charge in [-0.05, 0) is 57.3 Å². The van der Waals surface area contributed by atoms with Crippen LogP contribution in [-0.2, 0) is 12.3 Å². The summed E-state index contributed by atoms with van der Waals surface area (Å²) < 4.78 is 6.46. The summed E-state index contributed by atoms with van der Waals surface area (Å²) in [5.74, 6) is 1.85. The van der Waals surface area contributed by atoms with Gasteiger partial charge in [-0.1, -0.05) is 133 Å². The van der Waals surface area contributed by atoms with Gasteiger partial charge in [-0.25, -0.2) is 4.99 Å². The molecule has 4 N–H and O–H groups in total. The Kier molecular flexibility index (Phi) is 8.60. The van der Waals surface area contributed by atoms with Gasteiger partial charge in [-0.3, -0.25) is 4.99 Å². The van der Waals surface area contributed by atoms with Crippen molar-refractivity contribution in [2.24, 2.45) is 15.7 Å². The summed E-state index contributed by atoms with van der Waals surface area (Å²) in [5.41, 5.74) is 21.8. The number of nitrogen functional groups attached to an aromatic ring is 1. The fourth-order valence-electron chi connectivity index (χ4n) is 6.40. The molecule has 0 aliphatic rings. The van der Waals surface area contributed by atoms with E-state index in [0.29, 0.717) is 18.2 Å². The molecule has 8 aromatic rings. The van der Waals surface area contributed by atoms with Crippen LogP contribution in [0.5, 0.6) is 0 Å². The maximum absolute atomic E-state index is 6.54. The SMILES string of the molecule is N/C(=N\C(=N/Cc1cccc2c(-c3ccc4c(c3)oc3ccc(N)c(SCc5ccccc5)c34)cccc12)c1ccccc1)c1ccccc1. The maximum atomic E-state index is 6.54. The second kappa shape index (κ2) is 13.8. The van der Waals surface area contributed by atoms with Gasteiger partial charge < -0.3 is 15.9 Å². The number of fused-ring (bicyclic) bond motifs is 4. The number of hydrogen-bond acceptors (Lipinski definition) is 4. The van der Waals surface area contributed by atoms with Crippen molar-refractivity contribution in [1.82, 2.24) is 0 Å². The first-order valence-electron chi connectivity index (χ1n) is 16.5. The molecule has 5 nitrogen and oxygen atoms in total. The topological polar surface area (TPSA) is 89.9 Å². The fraction of sp³-hybridized carbons (Fsp3) is 0.0455. The summed E-state index contributed by atoms with van der Waals surface area (Å²) in [7, 11) is 0. The molecule has 50 heavy (non-hydrogen) atoms. The minimum absolute atomic E-state index is 0.430. The molecule has 0 spiro atoms. The Morgan fingerprint density at radius 1 is 0.620 bits per heavy atom. The second-order valence-corrected chi connectivity index (χ2v) is 13.1. The maximum Gasteiger partial charge on any atom is 0.157 e. The summed E-state index contributed by atoms with van der Waals surface area (Å²) in [4.78, 5) is 10.9. The number of nitrogens with two attached hydrogens (primary N) is 2. The lowest BCUT2D eigenvalue weighted by atomic mass is 9.95. The normalized spacial score (nSPS) is 12.2. The van der Waals surface area contributed by atoms with Crippen LogP contribution in [0.25, 0.3) is 43.8 Å². The van der Waals surface area contributed by atoms with Crippen molar-refractivity contribution in [2.45, 2.75) is 17.2 Å². The van der Waals surface area contributed by atoms with E-state index in [1.807, 2.05) is 78.9 Å². The first-order valence-corrected chi connectivity index (χ1v) is 17.5. The van der Waals surface area contributed by atoms with Gasteiger partial charge >= 0.3 is 0 Å². The summed E-state index contributed by atoms with van der Waals surface area (Å²) in [6.07, 6.45) is 0. The van der Waals surface area contributed by atoms with Crippen molar-refractivity contribution in [1.29, 1.82) is 0 Å². The smallest absolute Gasteiger partial charge is 0.157 e. The highest BCUT2D eigenvalue weighted by Gasteiger charge is 2.16. The molecular weight excluding hydrogens is 633 g/mol. The third-order valence-corrected chi connectivity index (χ3v) is 10.1. The molecule has 0 fully saturated rings. The summed E-state index contributed by atoms with van der Waals surface area (Å²) in [6.45, 7) is 0.448. The number of furan rings is 1. The molecule has 1 heterocycles. The predicted octanol–water partition coefficient (Wildman–Crippen LogP) is 10.6. The van der Waals surface area contributed by atoms with Crippen molar-refractivity contribution >= 4 is 61.8 Å². The first-order chi connectivity index (χ1) is 24.6. The van der Waals surface area contributed by atoms with Crippen molar-refractivity contribution in [3.05, 3.63) is 180 Å². The highest BCUT2D eigenvalue weighted by molar-refractivity contribution is 7.99. The lowest BCUT2D eigenvalue weighted by molar-refractivity contribution is 0.668. The Bertz CT molecular complexity index is 2520. The van der Waals surface area contributed by atoms with Gasteiger partial charge in [0.05, 0.1) is 6.54 Å².